The van der Waals surface area contributed by atoms with Crippen molar-refractivity contribution in [2.75, 3.05) is 0 Å². The highest BCUT2D eigenvalue weighted by atomic mass is 16.5. The normalized spacial score (nSPS) is 39.0. The number of benzene rings is 1. The molecule has 1 heterocycles. The lowest BCUT2D eigenvalue weighted by Crippen LogP contribution is -2.69. The van der Waals surface area contributed by atoms with Crippen LogP contribution in [0.2, 0.25) is 0 Å². The van der Waals surface area contributed by atoms with E-state index in [0.29, 0.717) is 17.6 Å². The zero-order valence-corrected chi connectivity index (χ0v) is 19.7. The predicted octanol–water partition coefficient (Wildman–Crippen LogP) is 3.94. The van der Waals surface area contributed by atoms with Gasteiger partial charge in [0, 0.05) is 22.7 Å². The Labute approximate surface area is 197 Å². The molecule has 1 N–H and O–H groups in total. The van der Waals surface area contributed by atoms with Crippen LogP contribution in [0, 0.1) is 34.5 Å². The van der Waals surface area contributed by atoms with Gasteiger partial charge >= 0.3 is 11.9 Å². The third-order valence-electron chi connectivity index (χ3n) is 8.91. The van der Waals surface area contributed by atoms with Gasteiger partial charge in [-0.1, -0.05) is 39.0 Å². The second-order valence-corrected chi connectivity index (χ2v) is 10.5. The molecule has 7 nitrogen and oxygen atoms in total. The van der Waals surface area contributed by atoms with Crippen LogP contribution in [-0.2, 0) is 23.9 Å². The summed E-state index contributed by atoms with van der Waals surface area (Å²) in [5.74, 6) is -4.29. The molecule has 7 heteroatoms. The van der Waals surface area contributed by atoms with Gasteiger partial charge in [0.2, 0.25) is 11.6 Å². The van der Waals surface area contributed by atoms with E-state index < -0.39 is 46.3 Å². The summed E-state index contributed by atoms with van der Waals surface area (Å²) < 4.78 is 11.4. The largest absolute Gasteiger partial charge is 0.504 e. The highest BCUT2D eigenvalue weighted by Gasteiger charge is 2.72. The van der Waals surface area contributed by atoms with Gasteiger partial charge in [-0.3, -0.25) is 14.4 Å². The molecule has 1 aliphatic heterocycles. The second-order valence-electron chi connectivity index (χ2n) is 10.5. The summed E-state index contributed by atoms with van der Waals surface area (Å²) in [4.78, 5) is 52.8. The summed E-state index contributed by atoms with van der Waals surface area (Å²) >= 11 is 0. The van der Waals surface area contributed by atoms with Crippen molar-refractivity contribution in [3.05, 3.63) is 59.1 Å². The third kappa shape index (κ3) is 2.82. The monoisotopic (exact) mass is 464 g/mol. The van der Waals surface area contributed by atoms with Gasteiger partial charge in [-0.15, -0.1) is 0 Å². The number of carbonyl (C=O) groups excluding carboxylic acids is 4. The average Bonchev–Trinajstić information content (AvgIpc) is 2.80. The Morgan fingerprint density at radius 3 is 2.50 bits per heavy atom. The van der Waals surface area contributed by atoms with Crippen LogP contribution < -0.4 is 0 Å². The molecule has 1 saturated carbocycles. The van der Waals surface area contributed by atoms with Gasteiger partial charge in [-0.05, 0) is 49.0 Å². The third-order valence-corrected chi connectivity index (χ3v) is 8.91. The number of aliphatic hydroxyl groups excluding tert-OH is 1. The minimum atomic E-state index is -1.24. The molecule has 1 aromatic rings. The summed E-state index contributed by atoms with van der Waals surface area (Å²) in [6.45, 7) is 7.21. The maximum absolute atomic E-state index is 14.0. The van der Waals surface area contributed by atoms with Gasteiger partial charge in [-0.25, -0.2) is 4.79 Å². The van der Waals surface area contributed by atoms with Crippen LogP contribution in [0.25, 0.3) is 0 Å². The van der Waals surface area contributed by atoms with E-state index in [1.54, 1.807) is 50.3 Å². The van der Waals surface area contributed by atoms with Crippen LogP contribution in [0.5, 0.6) is 0 Å². The fourth-order valence-corrected chi connectivity index (χ4v) is 7.21. The molecule has 0 spiro atoms. The Hall–Kier alpha value is -3.22. The lowest BCUT2D eigenvalue weighted by atomic mass is 9.40. The quantitative estimate of drug-likeness (QED) is 0.661. The minimum Gasteiger partial charge on any atom is -0.504 e. The fraction of sp³-hybridized carbons (Fsp3) is 0.481. The van der Waals surface area contributed by atoms with E-state index in [-0.39, 0.29) is 35.7 Å². The highest BCUT2D eigenvalue weighted by Crippen LogP contribution is 2.66. The predicted molar refractivity (Wildman–Crippen MR) is 120 cm³/mol. The summed E-state index contributed by atoms with van der Waals surface area (Å²) in [6.07, 6.45) is 1.54. The van der Waals surface area contributed by atoms with Gasteiger partial charge in [0.15, 0.2) is 11.5 Å². The van der Waals surface area contributed by atoms with Gasteiger partial charge in [-0.2, -0.15) is 0 Å². The summed E-state index contributed by atoms with van der Waals surface area (Å²) in [5, 5.41) is 10.8. The van der Waals surface area contributed by atoms with E-state index in [1.165, 1.54) is 0 Å². The Bertz CT molecular complexity index is 1180. The summed E-state index contributed by atoms with van der Waals surface area (Å²) in [5.41, 5.74) is -1.31. The average molecular weight is 465 g/mol. The SMILES string of the molecule is CC1=C(O)C(=O)[C@@H]2[C@@]3(C)C(=O)C(OC(=O)c4ccccc4)=C[C@@H](C)[C@@H]3C[C@H]3OC(=O)C[C@@H]1[C@@]23C. The molecule has 0 amide bonds. The smallest absolute Gasteiger partial charge is 0.343 e. The standard InChI is InChI=1S/C27H28O7/c1-13-10-18(33-25(32)15-8-6-5-7-9-15)24(31)27(4)16(13)11-19-26(3)17(12-20(28)34-19)14(2)21(29)22(30)23(26)27/h5-10,13,16-17,19,23,29H,11-12H2,1-4H3/t13-,16+,17+,19-,23+,26-,27+/m1/s1. The zero-order valence-electron chi connectivity index (χ0n) is 19.7. The molecular weight excluding hydrogens is 436 g/mol. The number of fused-ring (bicyclic) bond motifs is 2. The second kappa shape index (κ2) is 7.39. The van der Waals surface area contributed by atoms with Crippen LogP contribution >= 0.6 is 0 Å². The Kier molecular flexibility index (Phi) is 4.90. The van der Waals surface area contributed by atoms with E-state index in [4.69, 9.17) is 9.47 Å². The number of esters is 2. The van der Waals surface area contributed by atoms with E-state index in [9.17, 15) is 24.3 Å². The first-order valence-electron chi connectivity index (χ1n) is 11.7. The Morgan fingerprint density at radius 1 is 1.15 bits per heavy atom. The number of Topliss-reactive ketones (excluding diaryl/α,β-unsaturated/α-hetero) is 2. The highest BCUT2D eigenvalue weighted by molar-refractivity contribution is 6.08. The van der Waals surface area contributed by atoms with Crippen LogP contribution in [0.3, 0.4) is 0 Å². The molecule has 7 atom stereocenters. The van der Waals surface area contributed by atoms with E-state index in [1.807, 2.05) is 13.8 Å². The Balaban J connectivity index is 1.61. The first-order valence-corrected chi connectivity index (χ1v) is 11.7. The van der Waals surface area contributed by atoms with Crippen molar-refractivity contribution in [1.82, 2.24) is 0 Å². The van der Waals surface area contributed by atoms with E-state index in [0.717, 1.165) is 0 Å². The maximum Gasteiger partial charge on any atom is 0.343 e. The molecule has 0 bridgehead atoms. The number of ether oxygens (including phenoxy) is 2. The van der Waals surface area contributed by atoms with Crippen molar-refractivity contribution >= 4 is 23.5 Å². The van der Waals surface area contributed by atoms with Crippen molar-refractivity contribution < 1.29 is 33.8 Å². The van der Waals surface area contributed by atoms with Crippen molar-refractivity contribution in [2.24, 2.45) is 34.5 Å². The first-order chi connectivity index (χ1) is 16.0. The number of rotatable bonds is 2. The number of carbonyl (C=O) groups is 4. The number of ketones is 2. The number of hydrogen-bond acceptors (Lipinski definition) is 7. The molecule has 1 aromatic carbocycles. The van der Waals surface area contributed by atoms with Crippen molar-refractivity contribution in [3.8, 4) is 0 Å². The fourth-order valence-electron chi connectivity index (χ4n) is 7.21. The molecule has 0 radical (unpaired) electrons. The van der Waals surface area contributed by atoms with E-state index >= 15 is 0 Å². The minimum absolute atomic E-state index is 0.0445. The molecule has 34 heavy (non-hydrogen) atoms. The molecular formula is C27H28O7. The summed E-state index contributed by atoms with van der Waals surface area (Å²) in [6, 6.07) is 8.40. The van der Waals surface area contributed by atoms with Crippen molar-refractivity contribution in [2.45, 2.75) is 46.6 Å². The maximum atomic E-state index is 14.0. The van der Waals surface area contributed by atoms with Crippen molar-refractivity contribution in [3.63, 3.8) is 0 Å². The van der Waals surface area contributed by atoms with Gasteiger partial charge < -0.3 is 14.6 Å². The van der Waals surface area contributed by atoms with Crippen molar-refractivity contribution in [1.29, 1.82) is 0 Å². The molecule has 178 valence electrons. The van der Waals surface area contributed by atoms with E-state index in [2.05, 4.69) is 0 Å². The molecule has 2 fully saturated rings. The summed E-state index contributed by atoms with van der Waals surface area (Å²) in [7, 11) is 0. The van der Waals surface area contributed by atoms with Gasteiger partial charge in [0.1, 0.15) is 6.10 Å². The molecule has 0 aromatic heterocycles. The molecule has 1 saturated heterocycles. The number of aliphatic hydroxyl groups is 1. The molecule has 5 rings (SSSR count). The topological polar surface area (TPSA) is 107 Å². The lowest BCUT2D eigenvalue weighted by molar-refractivity contribution is -0.216. The van der Waals surface area contributed by atoms with Crippen LogP contribution in [0.15, 0.2) is 53.5 Å². The first kappa shape index (κ1) is 22.6. The number of allylic oxidation sites excluding steroid dienone is 4. The lowest BCUT2D eigenvalue weighted by Gasteiger charge is -2.63. The number of hydrogen-bond donors (Lipinski definition) is 1. The Morgan fingerprint density at radius 2 is 1.82 bits per heavy atom. The molecule has 0 unspecified atom stereocenters. The van der Waals surface area contributed by atoms with Crippen LogP contribution in [0.1, 0.15) is 50.9 Å². The molecule has 4 aliphatic rings. The van der Waals surface area contributed by atoms with Crippen LogP contribution in [0.4, 0.5) is 0 Å². The van der Waals surface area contributed by atoms with Crippen LogP contribution in [-0.4, -0.2) is 34.7 Å². The molecule has 3 aliphatic carbocycles. The van der Waals surface area contributed by atoms with Gasteiger partial charge in [0.25, 0.3) is 0 Å². The zero-order chi connectivity index (χ0) is 24.6. The van der Waals surface area contributed by atoms with Gasteiger partial charge in [0.05, 0.1) is 12.0 Å².